The van der Waals surface area contributed by atoms with Gasteiger partial charge < -0.3 is 5.73 Å². The van der Waals surface area contributed by atoms with Gasteiger partial charge in [0.2, 0.25) is 0 Å². The molecule has 3 rings (SSSR count). The Bertz CT molecular complexity index is 305. The van der Waals surface area contributed by atoms with Crippen molar-refractivity contribution in [2.45, 2.75) is 18.4 Å². The molecular formula is C10H11N. The maximum Gasteiger partial charge on any atom is 0.0149 e. The van der Waals surface area contributed by atoms with Gasteiger partial charge in [-0.3, -0.25) is 0 Å². The molecule has 0 aromatic heterocycles. The van der Waals surface area contributed by atoms with E-state index in [0.29, 0.717) is 12.0 Å². The normalized spacial score (nSPS) is 38.1. The van der Waals surface area contributed by atoms with Crippen LogP contribution in [0.3, 0.4) is 0 Å². The molecule has 0 spiro atoms. The maximum atomic E-state index is 5.89. The van der Waals surface area contributed by atoms with Gasteiger partial charge >= 0.3 is 0 Å². The highest BCUT2D eigenvalue weighted by molar-refractivity contribution is 5.44. The van der Waals surface area contributed by atoms with Crippen molar-refractivity contribution in [3.63, 3.8) is 0 Å². The Morgan fingerprint density at radius 3 is 3.00 bits per heavy atom. The maximum absolute atomic E-state index is 5.89. The van der Waals surface area contributed by atoms with E-state index in [1.165, 1.54) is 17.5 Å². The number of rotatable bonds is 0. The van der Waals surface area contributed by atoms with Crippen LogP contribution < -0.4 is 5.73 Å². The lowest BCUT2D eigenvalue weighted by Gasteiger charge is -2.02. The molecule has 0 aliphatic heterocycles. The first-order valence-corrected chi connectivity index (χ1v) is 4.21. The van der Waals surface area contributed by atoms with Crippen LogP contribution in [0.1, 0.15) is 17.0 Å². The van der Waals surface area contributed by atoms with Crippen LogP contribution in [0.5, 0.6) is 0 Å². The lowest BCUT2D eigenvalue weighted by Crippen LogP contribution is -2.08. The highest BCUT2D eigenvalue weighted by Crippen LogP contribution is 2.54. The Kier molecular flexibility index (Phi) is 0.878. The van der Waals surface area contributed by atoms with Crippen molar-refractivity contribution in [1.82, 2.24) is 0 Å². The molecule has 0 unspecified atom stereocenters. The van der Waals surface area contributed by atoms with Crippen LogP contribution in [0.4, 0.5) is 0 Å². The molecule has 1 aromatic carbocycles. The fourth-order valence-corrected chi connectivity index (χ4v) is 2.40. The van der Waals surface area contributed by atoms with E-state index < -0.39 is 0 Å². The van der Waals surface area contributed by atoms with E-state index in [0.717, 1.165) is 5.92 Å². The summed E-state index contributed by atoms with van der Waals surface area (Å²) in [5.74, 6) is 1.50. The number of hydrogen-bond donors (Lipinski definition) is 1. The average molecular weight is 145 g/mol. The fraction of sp³-hybridized carbons (Fsp3) is 0.400. The van der Waals surface area contributed by atoms with Gasteiger partial charge in [-0.15, -0.1) is 0 Å². The Labute approximate surface area is 66.2 Å². The summed E-state index contributed by atoms with van der Waals surface area (Å²) in [6, 6.07) is 9.17. The molecule has 56 valence electrons. The van der Waals surface area contributed by atoms with E-state index >= 15 is 0 Å². The first kappa shape index (κ1) is 5.78. The van der Waals surface area contributed by atoms with Crippen LogP contribution >= 0.6 is 0 Å². The standard InChI is InChI=1S/C10H11N/c11-10-8-5-6-3-1-2-4-7(6)9(8)10/h1-4,8-10H,5,11H2/t8-,9+,10+/m0/s1. The fourth-order valence-electron chi connectivity index (χ4n) is 2.40. The van der Waals surface area contributed by atoms with Gasteiger partial charge in [-0.25, -0.2) is 0 Å². The minimum Gasteiger partial charge on any atom is -0.327 e. The topological polar surface area (TPSA) is 26.0 Å². The second-order valence-corrected chi connectivity index (χ2v) is 3.67. The molecule has 1 fully saturated rings. The van der Waals surface area contributed by atoms with E-state index in [2.05, 4.69) is 24.3 Å². The number of nitrogens with two attached hydrogens (primary N) is 1. The zero-order valence-corrected chi connectivity index (χ0v) is 6.33. The summed E-state index contributed by atoms with van der Waals surface area (Å²) in [7, 11) is 0. The second-order valence-electron chi connectivity index (χ2n) is 3.67. The van der Waals surface area contributed by atoms with E-state index in [-0.39, 0.29) is 0 Å². The van der Waals surface area contributed by atoms with Crippen LogP contribution in [-0.4, -0.2) is 6.04 Å². The van der Waals surface area contributed by atoms with Crippen LogP contribution in [0.25, 0.3) is 0 Å². The summed E-state index contributed by atoms with van der Waals surface area (Å²) in [5.41, 5.74) is 8.94. The summed E-state index contributed by atoms with van der Waals surface area (Å²) in [5, 5.41) is 0. The van der Waals surface area contributed by atoms with Gasteiger partial charge in [-0.1, -0.05) is 24.3 Å². The Balaban J connectivity index is 2.13. The summed E-state index contributed by atoms with van der Waals surface area (Å²) in [4.78, 5) is 0. The van der Waals surface area contributed by atoms with Gasteiger partial charge in [0.1, 0.15) is 0 Å². The van der Waals surface area contributed by atoms with Gasteiger partial charge in [0.05, 0.1) is 0 Å². The van der Waals surface area contributed by atoms with Crippen LogP contribution in [0.15, 0.2) is 24.3 Å². The minimum atomic E-state index is 0.477. The Morgan fingerprint density at radius 2 is 2.09 bits per heavy atom. The molecule has 0 heterocycles. The molecule has 1 nitrogen and oxygen atoms in total. The van der Waals surface area contributed by atoms with E-state index in [1.807, 2.05) is 0 Å². The largest absolute Gasteiger partial charge is 0.327 e. The third-order valence-electron chi connectivity index (χ3n) is 3.10. The Morgan fingerprint density at radius 1 is 1.27 bits per heavy atom. The van der Waals surface area contributed by atoms with Gasteiger partial charge in [0, 0.05) is 12.0 Å². The minimum absolute atomic E-state index is 0.477. The monoisotopic (exact) mass is 145 g/mol. The first-order valence-electron chi connectivity index (χ1n) is 4.21. The SMILES string of the molecule is N[C@@H]1[C@H]2Cc3ccccc3[C@@H]12. The number of hydrogen-bond acceptors (Lipinski definition) is 1. The van der Waals surface area contributed by atoms with E-state index in [9.17, 15) is 0 Å². The highest BCUT2D eigenvalue weighted by atomic mass is 14.8. The predicted molar refractivity (Wildman–Crippen MR) is 44.4 cm³/mol. The van der Waals surface area contributed by atoms with Gasteiger partial charge in [0.25, 0.3) is 0 Å². The molecule has 11 heavy (non-hydrogen) atoms. The van der Waals surface area contributed by atoms with Crippen molar-refractivity contribution in [2.24, 2.45) is 11.7 Å². The molecule has 3 atom stereocenters. The first-order chi connectivity index (χ1) is 5.38. The van der Waals surface area contributed by atoms with Crippen molar-refractivity contribution >= 4 is 0 Å². The smallest absolute Gasteiger partial charge is 0.0149 e. The van der Waals surface area contributed by atoms with Crippen molar-refractivity contribution in [2.75, 3.05) is 0 Å². The van der Waals surface area contributed by atoms with E-state index in [4.69, 9.17) is 5.73 Å². The van der Waals surface area contributed by atoms with Crippen molar-refractivity contribution < 1.29 is 0 Å². The van der Waals surface area contributed by atoms with Crippen LogP contribution in [-0.2, 0) is 6.42 Å². The zero-order valence-electron chi connectivity index (χ0n) is 6.33. The molecule has 2 aliphatic rings. The average Bonchev–Trinajstić information content (AvgIpc) is 2.55. The third kappa shape index (κ3) is 0.596. The van der Waals surface area contributed by atoms with Gasteiger partial charge in [0.15, 0.2) is 0 Å². The lowest BCUT2D eigenvalue weighted by atomic mass is 10.1. The quantitative estimate of drug-likeness (QED) is 0.584. The predicted octanol–water partition coefficient (Wildman–Crippen LogP) is 1.28. The Hall–Kier alpha value is -0.820. The van der Waals surface area contributed by atoms with Crippen molar-refractivity contribution in [1.29, 1.82) is 0 Å². The van der Waals surface area contributed by atoms with Crippen molar-refractivity contribution in [3.8, 4) is 0 Å². The molecule has 1 saturated carbocycles. The molecule has 0 bridgehead atoms. The molecule has 0 amide bonds. The van der Waals surface area contributed by atoms with Crippen LogP contribution in [0.2, 0.25) is 0 Å². The molecule has 1 heteroatoms. The lowest BCUT2D eigenvalue weighted by molar-refractivity contribution is 0.801. The van der Waals surface area contributed by atoms with Crippen LogP contribution in [0, 0.1) is 5.92 Å². The number of fused-ring (bicyclic) bond motifs is 3. The van der Waals surface area contributed by atoms with Gasteiger partial charge in [-0.2, -0.15) is 0 Å². The highest BCUT2D eigenvalue weighted by Gasteiger charge is 2.53. The molecule has 2 N–H and O–H groups in total. The molecular weight excluding hydrogens is 134 g/mol. The van der Waals surface area contributed by atoms with Gasteiger partial charge in [-0.05, 0) is 23.5 Å². The summed E-state index contributed by atoms with van der Waals surface area (Å²) in [6.45, 7) is 0. The molecule has 0 radical (unpaired) electrons. The second kappa shape index (κ2) is 1.67. The third-order valence-corrected chi connectivity index (χ3v) is 3.10. The summed E-state index contributed by atoms with van der Waals surface area (Å²) in [6.07, 6.45) is 1.22. The molecule has 2 aliphatic carbocycles. The van der Waals surface area contributed by atoms with E-state index in [1.54, 1.807) is 0 Å². The summed E-state index contributed by atoms with van der Waals surface area (Å²) < 4.78 is 0. The summed E-state index contributed by atoms with van der Waals surface area (Å²) >= 11 is 0. The number of benzene rings is 1. The molecule has 0 saturated heterocycles. The zero-order chi connectivity index (χ0) is 7.42. The molecule has 1 aromatic rings. The van der Waals surface area contributed by atoms with Crippen molar-refractivity contribution in [3.05, 3.63) is 35.4 Å².